The van der Waals surface area contributed by atoms with Crippen molar-refractivity contribution in [2.45, 2.75) is 130 Å². The van der Waals surface area contributed by atoms with Gasteiger partial charge < -0.3 is 48.0 Å². The average Bonchev–Trinajstić information content (AvgIpc) is 1.52. The maximum absolute atomic E-state index is 14.2. The van der Waals surface area contributed by atoms with E-state index >= 15 is 0 Å². The van der Waals surface area contributed by atoms with Gasteiger partial charge in [0, 0.05) is 49.0 Å². The molecule has 0 aromatic heterocycles. The molecule has 16 atom stereocenters. The zero-order valence-electron chi connectivity index (χ0n) is 73.8. The van der Waals surface area contributed by atoms with Gasteiger partial charge in [0.1, 0.15) is 0 Å². The lowest BCUT2D eigenvalue weighted by atomic mass is 9.69. The first-order valence-electron chi connectivity index (χ1n) is 43.7. The van der Waals surface area contributed by atoms with Crippen LogP contribution in [-0.2, 0) is 94.5 Å². The van der Waals surface area contributed by atoms with Crippen LogP contribution in [-0.4, -0.2) is 113 Å². The Morgan fingerprint density at radius 3 is 1.03 bits per heavy atom. The van der Waals surface area contributed by atoms with Gasteiger partial charge >= 0.3 is 17.9 Å². The van der Waals surface area contributed by atoms with E-state index in [1.54, 1.807) is 177 Å². The van der Waals surface area contributed by atoms with Crippen LogP contribution >= 0.6 is 46.4 Å². The molecular weight excluding hydrogens is 1810 g/mol. The van der Waals surface area contributed by atoms with Gasteiger partial charge in [0.15, 0.2) is 11.5 Å². The van der Waals surface area contributed by atoms with Crippen molar-refractivity contribution in [2.75, 3.05) is 47.5 Å². The monoisotopic (exact) mass is 1900 g/mol. The van der Waals surface area contributed by atoms with E-state index in [2.05, 4.69) is 0 Å². The number of fused-ring (bicyclic) bond motifs is 8. The summed E-state index contributed by atoms with van der Waals surface area (Å²) in [4.78, 5) is 150. The van der Waals surface area contributed by atoms with Crippen LogP contribution in [0.4, 0.5) is 22.7 Å². The van der Waals surface area contributed by atoms with E-state index in [9.17, 15) is 74.0 Å². The molecule has 8 aliphatic rings. The lowest BCUT2D eigenvalue weighted by Gasteiger charge is -2.42. The summed E-state index contributed by atoms with van der Waals surface area (Å²) in [6.45, 7) is 7.81. The van der Waals surface area contributed by atoms with Crippen LogP contribution in [0.15, 0.2) is 273 Å². The second kappa shape index (κ2) is 38.2. The standard InChI is InChI=1S/C27H23ClN2O5.C26H21ClN2O5.C26H23ClN2O4.C23H23ClN2O7/c1-2-19-22(18-12-7-4-8-13-18)24(30(33)34)27(35-25(19)31)20-14-9-15-21(28)23(20)29(26(27)32)16-17-10-5-3-6-11-17;1-16-21(18-11-6-3-7-12-18)23(29(32)33)26(34-24(16)30)19-13-8-14-20(27)22(19)28(25(26)31)15-17-9-4-2-5-10-17;1-17-16-33-26(24(29(31)32)22(17)19-11-6-3-7-12-19)20-13-8-14-21(27)23(20)28(25(26)30)15-18-9-4-2-5-10-18;1-5-13-18(12-9-10-16(31-3)17(11-12)32-4)20(26(29)30)23(33-21(13)27)14-7-6-8-15(24)19(14)25(2)22(23)28/h3-15,19,22,24H,2,16H2,1H3;2-14,16,21,23H,15H2,1H3;2-14,17,22,24H,15-16H2,1H3;6-11,13,18,20H,5H2,1-4H3/t19-,22-,24+,27-;16-,21+,23+,26-;17-,22-,24-,26+;13-,18-,20+,23-/m1101/s1. The van der Waals surface area contributed by atoms with Crippen LogP contribution < -0.4 is 29.1 Å². The molecule has 0 unspecified atom stereocenters. The number of methoxy groups -OCH3 is 2. The molecule has 0 aliphatic carbocycles. The van der Waals surface area contributed by atoms with Crippen LogP contribution in [0.1, 0.15) is 125 Å². The Hall–Kier alpha value is -14.0. The van der Waals surface area contributed by atoms with Gasteiger partial charge in [-0.3, -0.25) is 74.0 Å². The number of nitro groups is 4. The number of halogens is 4. The van der Waals surface area contributed by atoms with Gasteiger partial charge in [-0.05, 0) is 94.1 Å². The molecule has 8 aliphatic heterocycles. The number of carbonyl (C=O) groups excluding carboxylic acids is 7. The SMILES string of the molecule is CC[C@H]1C(=O)O[C@@]2(C(=O)N(C)c3c(Cl)cccc32)[C@@H]([N+](=O)[O-])[C@@H]1c1ccc(OC)c(OC)c1.CC[C@H]1C(=O)O[C@@]2(C(=O)N(Cc3ccccc3)c3c(Cl)cccc32)[C@@H]([N+](=O)[O-])[C@@H]1c1ccccc1.C[C@H]1C(=O)O[C@@]2(C(=O)N(Cc3ccccc3)c3c(Cl)cccc32)[C@@H]([N+](=O)[O-])[C@@H]1c1ccccc1.C[C@H]1CO[C@@]2(C(=O)N(Cc3ccccc3)c3c(Cl)cccc32)[C@@H]([N+](=O)[O-])[C@@H]1c1ccccc1. The van der Waals surface area contributed by atoms with E-state index in [1.165, 1.54) is 36.0 Å². The van der Waals surface area contributed by atoms with Gasteiger partial charge in [-0.15, -0.1) is 0 Å². The maximum Gasteiger partial charge on any atom is 0.311 e. The molecule has 8 heterocycles. The van der Waals surface area contributed by atoms with Gasteiger partial charge in [0.05, 0.1) is 125 Å². The van der Waals surface area contributed by atoms with Gasteiger partial charge in [-0.2, -0.15) is 0 Å². The molecular formula is C102H90Cl4N8O21. The Morgan fingerprint density at radius 1 is 0.356 bits per heavy atom. The minimum Gasteiger partial charge on any atom is -0.493 e. The summed E-state index contributed by atoms with van der Waals surface area (Å²) >= 11 is 26.0. The molecule has 19 rings (SSSR count). The molecule has 0 saturated carbocycles. The second-order valence-corrected chi connectivity index (χ2v) is 35.9. The molecule has 0 radical (unpaired) electrons. The number of likely N-dealkylation sites (N-methyl/N-ethyl adjacent to an activating group) is 1. The molecule has 692 valence electrons. The number of esters is 3. The molecule has 0 bridgehead atoms. The van der Waals surface area contributed by atoms with Gasteiger partial charge in [0.2, 0.25) is 5.60 Å². The number of nitrogens with zero attached hydrogens (tertiary/aromatic N) is 8. The Bertz CT molecular complexity index is 6480. The first kappa shape index (κ1) is 94.2. The van der Waals surface area contributed by atoms with Crippen molar-refractivity contribution in [3.63, 3.8) is 0 Å². The quantitative estimate of drug-likeness (QED) is 0.0333. The Balaban J connectivity index is 0.000000131. The van der Waals surface area contributed by atoms with Gasteiger partial charge in [0.25, 0.3) is 64.6 Å². The topological polar surface area (TPSA) is 360 Å². The van der Waals surface area contributed by atoms with Crippen molar-refractivity contribution in [3.8, 4) is 11.5 Å². The van der Waals surface area contributed by atoms with E-state index in [4.69, 9.17) is 74.8 Å². The predicted octanol–water partition coefficient (Wildman–Crippen LogP) is 18.5. The summed E-state index contributed by atoms with van der Waals surface area (Å²) in [5.41, 5.74) is -0.472. The Labute approximate surface area is 795 Å². The highest BCUT2D eigenvalue weighted by Gasteiger charge is 2.75. The van der Waals surface area contributed by atoms with E-state index in [-0.39, 0.29) is 75.3 Å². The number of hydrogen-bond donors (Lipinski definition) is 0. The molecule has 4 amide bonds. The summed E-state index contributed by atoms with van der Waals surface area (Å²) in [6.07, 6.45) is 0.619. The fourth-order valence-corrected chi connectivity index (χ4v) is 22.3. The molecule has 4 fully saturated rings. The predicted molar refractivity (Wildman–Crippen MR) is 502 cm³/mol. The number of benzene rings is 11. The summed E-state index contributed by atoms with van der Waals surface area (Å²) in [5.74, 6) is -9.39. The van der Waals surface area contributed by atoms with Crippen LogP contribution in [0.2, 0.25) is 20.1 Å². The van der Waals surface area contributed by atoms with E-state index in [1.807, 2.05) is 128 Å². The third-order valence-electron chi connectivity index (χ3n) is 27.1. The summed E-state index contributed by atoms with van der Waals surface area (Å²) in [6, 6.07) is 73.5. The molecule has 11 aromatic carbocycles. The average molecular weight is 1910 g/mol. The molecule has 4 saturated heterocycles. The number of amides is 4. The number of anilines is 4. The summed E-state index contributed by atoms with van der Waals surface area (Å²) in [5, 5.41) is 51.9. The molecule has 4 spiro atoms. The fourth-order valence-electron chi connectivity index (χ4n) is 21.2. The zero-order valence-corrected chi connectivity index (χ0v) is 76.8. The molecule has 33 heteroatoms. The third-order valence-corrected chi connectivity index (χ3v) is 28.3. The number of para-hydroxylation sites is 4. The van der Waals surface area contributed by atoms with Crippen LogP contribution in [0.25, 0.3) is 0 Å². The largest absolute Gasteiger partial charge is 0.493 e. The highest BCUT2D eigenvalue weighted by atomic mass is 35.5. The van der Waals surface area contributed by atoms with Crippen molar-refractivity contribution in [1.82, 2.24) is 0 Å². The highest BCUT2D eigenvalue weighted by Crippen LogP contribution is 2.62. The smallest absolute Gasteiger partial charge is 0.311 e. The fraction of sp³-hybridized carbons (Fsp3) is 0.284. The first-order chi connectivity index (χ1) is 64.9. The van der Waals surface area contributed by atoms with E-state index in [0.717, 1.165) is 22.3 Å². The minimum absolute atomic E-state index is 0.131. The van der Waals surface area contributed by atoms with Crippen molar-refractivity contribution in [1.29, 1.82) is 0 Å². The van der Waals surface area contributed by atoms with Crippen molar-refractivity contribution < 1.29 is 81.7 Å². The van der Waals surface area contributed by atoms with Crippen LogP contribution in [0.5, 0.6) is 11.5 Å². The van der Waals surface area contributed by atoms with Crippen molar-refractivity contribution in [3.05, 3.63) is 395 Å². The van der Waals surface area contributed by atoms with Gasteiger partial charge in [-0.25, -0.2) is 0 Å². The number of carbonyl (C=O) groups is 7. The minimum atomic E-state index is -2.14. The highest BCUT2D eigenvalue weighted by molar-refractivity contribution is 6.37. The third kappa shape index (κ3) is 15.9. The Morgan fingerprint density at radius 2 is 0.659 bits per heavy atom. The first-order valence-corrected chi connectivity index (χ1v) is 45.2. The maximum atomic E-state index is 14.2. The summed E-state index contributed by atoms with van der Waals surface area (Å²) in [7, 11) is 4.39. The lowest BCUT2D eigenvalue weighted by molar-refractivity contribution is -0.556. The summed E-state index contributed by atoms with van der Waals surface area (Å²) < 4.78 is 34.3. The second-order valence-electron chi connectivity index (χ2n) is 34.2. The molecule has 0 N–H and O–H groups in total. The van der Waals surface area contributed by atoms with E-state index < -0.39 is 144 Å². The zero-order chi connectivity index (χ0) is 96.0. The Kier molecular flexibility index (Phi) is 26.7. The van der Waals surface area contributed by atoms with Crippen molar-refractivity contribution >= 4 is 111 Å². The normalized spacial score (nSPS) is 26.0. The van der Waals surface area contributed by atoms with Crippen LogP contribution in [0, 0.1) is 64.1 Å². The molecule has 29 nitrogen and oxygen atoms in total. The van der Waals surface area contributed by atoms with Crippen LogP contribution in [0.3, 0.4) is 0 Å². The molecule has 11 aromatic rings. The number of ether oxygens (including phenoxy) is 6. The lowest BCUT2D eigenvalue weighted by Crippen LogP contribution is -2.62. The number of hydrogen-bond acceptors (Lipinski definition) is 21. The molecule has 135 heavy (non-hydrogen) atoms. The van der Waals surface area contributed by atoms with Crippen molar-refractivity contribution in [2.24, 2.45) is 23.7 Å². The van der Waals surface area contributed by atoms with E-state index in [0.29, 0.717) is 67.9 Å². The van der Waals surface area contributed by atoms with Gasteiger partial charge in [-0.1, -0.05) is 311 Å². The number of rotatable bonds is 18.